The van der Waals surface area contributed by atoms with Crippen molar-refractivity contribution in [3.8, 4) is 0 Å². The van der Waals surface area contributed by atoms with Gasteiger partial charge < -0.3 is 10.4 Å². The molecule has 5 heteroatoms. The fourth-order valence-electron chi connectivity index (χ4n) is 1.49. The molecule has 94 valence electrons. The normalized spacial score (nSPS) is 12.8. The van der Waals surface area contributed by atoms with E-state index in [0.717, 1.165) is 10.0 Å². The number of hydrogen-bond acceptors (Lipinski definition) is 2. The van der Waals surface area contributed by atoms with Crippen molar-refractivity contribution in [3.05, 3.63) is 33.3 Å². The summed E-state index contributed by atoms with van der Waals surface area (Å²) < 4.78 is 0.880. The van der Waals surface area contributed by atoms with Crippen LogP contribution in [0.1, 0.15) is 19.4 Å². The highest BCUT2D eigenvalue weighted by Gasteiger charge is 2.20. The zero-order valence-electron chi connectivity index (χ0n) is 9.71. The summed E-state index contributed by atoms with van der Waals surface area (Å²) in [6.07, 6.45) is 0. The van der Waals surface area contributed by atoms with Crippen molar-refractivity contribution < 1.29 is 9.90 Å². The minimum atomic E-state index is -0.829. The molecule has 1 rings (SSSR count). The highest BCUT2D eigenvalue weighted by molar-refractivity contribution is 9.10. The van der Waals surface area contributed by atoms with Crippen LogP contribution < -0.4 is 5.32 Å². The van der Waals surface area contributed by atoms with Gasteiger partial charge in [0.15, 0.2) is 0 Å². The van der Waals surface area contributed by atoms with Gasteiger partial charge in [-0.1, -0.05) is 47.4 Å². The monoisotopic (exact) mass is 319 g/mol. The Labute approximate surface area is 114 Å². The Kier molecular flexibility index (Phi) is 5.43. The van der Waals surface area contributed by atoms with Crippen LogP contribution in [0.4, 0.5) is 0 Å². The average molecular weight is 321 g/mol. The highest BCUT2D eigenvalue weighted by atomic mass is 79.9. The number of benzene rings is 1. The predicted octanol–water partition coefficient (Wildman–Crippen LogP) is 3.30. The lowest BCUT2D eigenvalue weighted by atomic mass is 10.0. The van der Waals surface area contributed by atoms with Gasteiger partial charge in [-0.25, -0.2) is 0 Å². The van der Waals surface area contributed by atoms with E-state index in [9.17, 15) is 4.79 Å². The maximum absolute atomic E-state index is 11.0. The summed E-state index contributed by atoms with van der Waals surface area (Å²) in [7, 11) is 0. The van der Waals surface area contributed by atoms with Crippen LogP contribution in [0.15, 0.2) is 22.7 Å². The Morgan fingerprint density at radius 3 is 2.65 bits per heavy atom. The number of halogens is 2. The number of nitrogens with one attached hydrogen (secondary N) is 1. The largest absolute Gasteiger partial charge is 0.480 e. The number of aliphatic carboxylic acids is 1. The number of carbonyl (C=O) groups is 1. The van der Waals surface area contributed by atoms with Crippen LogP contribution in [0.25, 0.3) is 0 Å². The molecule has 0 amide bonds. The zero-order chi connectivity index (χ0) is 13.0. The Morgan fingerprint density at radius 1 is 1.53 bits per heavy atom. The van der Waals surface area contributed by atoms with Crippen molar-refractivity contribution in [1.29, 1.82) is 0 Å². The van der Waals surface area contributed by atoms with Gasteiger partial charge in [0.05, 0.1) is 0 Å². The molecule has 1 aromatic carbocycles. The van der Waals surface area contributed by atoms with Crippen molar-refractivity contribution in [1.82, 2.24) is 5.32 Å². The number of rotatable bonds is 5. The van der Waals surface area contributed by atoms with Crippen LogP contribution in [0, 0.1) is 5.92 Å². The lowest BCUT2D eigenvalue weighted by Crippen LogP contribution is -2.40. The van der Waals surface area contributed by atoms with E-state index in [0.29, 0.717) is 11.6 Å². The summed E-state index contributed by atoms with van der Waals surface area (Å²) in [5.74, 6) is -0.788. The second kappa shape index (κ2) is 6.38. The number of hydrogen-bond donors (Lipinski definition) is 2. The lowest BCUT2D eigenvalue weighted by Gasteiger charge is -2.18. The molecular formula is C12H15BrClNO2. The molecule has 0 bridgehead atoms. The molecular weight excluding hydrogens is 305 g/mol. The summed E-state index contributed by atoms with van der Waals surface area (Å²) in [5.41, 5.74) is 0.987. The standard InChI is InChI=1S/C12H15BrClNO2/c1-7(2)11(12(16)17)15-6-8-3-4-9(14)5-10(8)13/h3-5,7,11,15H,6H2,1-2H3,(H,16,17)/t11-/m1/s1. The van der Waals surface area contributed by atoms with E-state index in [1.165, 1.54) is 0 Å². The molecule has 0 unspecified atom stereocenters. The first-order chi connectivity index (χ1) is 7.91. The van der Waals surface area contributed by atoms with Gasteiger partial charge in [0, 0.05) is 16.0 Å². The summed E-state index contributed by atoms with van der Waals surface area (Å²) in [6.45, 7) is 4.25. The van der Waals surface area contributed by atoms with Crippen molar-refractivity contribution in [2.24, 2.45) is 5.92 Å². The Bertz CT molecular complexity index is 409. The first kappa shape index (κ1) is 14.5. The molecule has 3 nitrogen and oxygen atoms in total. The Hall–Kier alpha value is -0.580. The van der Waals surface area contributed by atoms with Crippen molar-refractivity contribution >= 4 is 33.5 Å². The van der Waals surface area contributed by atoms with Crippen LogP contribution in [-0.4, -0.2) is 17.1 Å². The first-order valence-corrected chi connectivity index (χ1v) is 6.49. The molecule has 0 fully saturated rings. The van der Waals surface area contributed by atoms with Gasteiger partial charge >= 0.3 is 5.97 Å². The van der Waals surface area contributed by atoms with Crippen LogP contribution in [0.2, 0.25) is 5.02 Å². The predicted molar refractivity (Wildman–Crippen MR) is 72.3 cm³/mol. The van der Waals surface area contributed by atoms with E-state index in [4.69, 9.17) is 16.7 Å². The SMILES string of the molecule is CC(C)[C@@H](NCc1ccc(Cl)cc1Br)C(=O)O. The molecule has 0 aliphatic rings. The molecule has 0 saturated heterocycles. The van der Waals surface area contributed by atoms with E-state index in [1.54, 1.807) is 12.1 Å². The molecule has 0 aromatic heterocycles. The molecule has 0 heterocycles. The Morgan fingerprint density at radius 2 is 2.18 bits per heavy atom. The van der Waals surface area contributed by atoms with E-state index in [2.05, 4.69) is 21.2 Å². The van der Waals surface area contributed by atoms with Gasteiger partial charge in [-0.05, 0) is 23.6 Å². The van der Waals surface area contributed by atoms with Gasteiger partial charge in [-0.3, -0.25) is 4.79 Å². The maximum Gasteiger partial charge on any atom is 0.320 e. The van der Waals surface area contributed by atoms with Crippen LogP contribution >= 0.6 is 27.5 Å². The average Bonchev–Trinajstić information content (AvgIpc) is 2.20. The molecule has 17 heavy (non-hydrogen) atoms. The minimum Gasteiger partial charge on any atom is -0.480 e. The van der Waals surface area contributed by atoms with Gasteiger partial charge in [0.25, 0.3) is 0 Å². The van der Waals surface area contributed by atoms with Crippen molar-refractivity contribution in [3.63, 3.8) is 0 Å². The van der Waals surface area contributed by atoms with E-state index in [-0.39, 0.29) is 5.92 Å². The second-order valence-corrected chi connectivity index (χ2v) is 5.47. The topological polar surface area (TPSA) is 49.3 Å². The van der Waals surface area contributed by atoms with E-state index < -0.39 is 12.0 Å². The molecule has 0 spiro atoms. The fourth-order valence-corrected chi connectivity index (χ4v) is 2.32. The third kappa shape index (κ3) is 4.30. The summed E-state index contributed by atoms with van der Waals surface area (Å²) in [5, 5.41) is 12.7. The fraction of sp³-hybridized carbons (Fsp3) is 0.417. The van der Waals surface area contributed by atoms with Crippen LogP contribution in [-0.2, 0) is 11.3 Å². The molecule has 0 aliphatic carbocycles. The van der Waals surface area contributed by atoms with Gasteiger partial charge in [0.2, 0.25) is 0 Å². The third-order valence-corrected chi connectivity index (χ3v) is 3.43. The van der Waals surface area contributed by atoms with Crippen LogP contribution in [0.3, 0.4) is 0 Å². The van der Waals surface area contributed by atoms with Crippen molar-refractivity contribution in [2.45, 2.75) is 26.4 Å². The van der Waals surface area contributed by atoms with Gasteiger partial charge in [-0.2, -0.15) is 0 Å². The second-order valence-electron chi connectivity index (χ2n) is 4.18. The van der Waals surface area contributed by atoms with Crippen molar-refractivity contribution in [2.75, 3.05) is 0 Å². The van der Waals surface area contributed by atoms with E-state index in [1.807, 2.05) is 19.9 Å². The van der Waals surface area contributed by atoms with Gasteiger partial charge in [-0.15, -0.1) is 0 Å². The smallest absolute Gasteiger partial charge is 0.320 e. The minimum absolute atomic E-state index is 0.0403. The first-order valence-electron chi connectivity index (χ1n) is 5.32. The lowest BCUT2D eigenvalue weighted by molar-refractivity contribution is -0.140. The summed E-state index contributed by atoms with van der Waals surface area (Å²) in [6, 6.07) is 4.91. The zero-order valence-corrected chi connectivity index (χ0v) is 12.0. The molecule has 1 aromatic rings. The number of carboxylic acids is 1. The number of carboxylic acid groups (broad SMARTS) is 1. The van der Waals surface area contributed by atoms with Crippen LogP contribution in [0.5, 0.6) is 0 Å². The Balaban J connectivity index is 2.69. The highest BCUT2D eigenvalue weighted by Crippen LogP contribution is 2.21. The molecule has 1 atom stereocenters. The quantitative estimate of drug-likeness (QED) is 0.875. The van der Waals surface area contributed by atoms with E-state index >= 15 is 0 Å². The molecule has 2 N–H and O–H groups in total. The molecule has 0 aliphatic heterocycles. The maximum atomic E-state index is 11.0. The summed E-state index contributed by atoms with van der Waals surface area (Å²) in [4.78, 5) is 11.0. The third-order valence-electron chi connectivity index (χ3n) is 2.46. The molecule has 0 radical (unpaired) electrons. The van der Waals surface area contributed by atoms with Gasteiger partial charge in [0.1, 0.15) is 6.04 Å². The molecule has 0 saturated carbocycles. The summed E-state index contributed by atoms with van der Waals surface area (Å²) >= 11 is 9.24.